The molecular weight excluding hydrogens is 218 g/mol. The Morgan fingerprint density at radius 3 is 2.76 bits per heavy atom. The summed E-state index contributed by atoms with van der Waals surface area (Å²) < 4.78 is 4.80. The van der Waals surface area contributed by atoms with Crippen LogP contribution in [0.15, 0.2) is 35.5 Å². The molecule has 1 rings (SSSR count). The van der Waals surface area contributed by atoms with Crippen molar-refractivity contribution in [3.8, 4) is 0 Å². The summed E-state index contributed by atoms with van der Waals surface area (Å²) in [5.74, 6) is -0.253. The van der Waals surface area contributed by atoms with Gasteiger partial charge in [-0.05, 0) is 12.5 Å². The van der Waals surface area contributed by atoms with Gasteiger partial charge in [0.2, 0.25) is 0 Å². The summed E-state index contributed by atoms with van der Waals surface area (Å²) >= 11 is 0. The number of ether oxygens (including phenoxy) is 1. The van der Waals surface area contributed by atoms with Crippen LogP contribution in [0.2, 0.25) is 0 Å². The molecule has 0 bridgehead atoms. The van der Waals surface area contributed by atoms with Crippen LogP contribution in [0.1, 0.15) is 24.5 Å². The van der Waals surface area contributed by atoms with Crippen LogP contribution in [0.4, 0.5) is 0 Å². The zero-order chi connectivity index (χ0) is 12.5. The van der Waals surface area contributed by atoms with Crippen molar-refractivity contribution >= 4 is 18.3 Å². The molecule has 0 spiro atoms. The van der Waals surface area contributed by atoms with Gasteiger partial charge in [-0.1, -0.05) is 41.6 Å². The molecule has 0 aromatic heterocycles. The number of esters is 1. The molecule has 0 fully saturated rings. The van der Waals surface area contributed by atoms with Gasteiger partial charge in [0.15, 0.2) is 0 Å². The Morgan fingerprint density at radius 1 is 1.41 bits per heavy atom. The fourth-order valence-corrected chi connectivity index (χ4v) is 1.34. The van der Waals surface area contributed by atoms with E-state index in [1.165, 1.54) is 6.21 Å². The van der Waals surface area contributed by atoms with E-state index >= 15 is 0 Å². The third-order valence-electron chi connectivity index (χ3n) is 2.08. The summed E-state index contributed by atoms with van der Waals surface area (Å²) in [6, 6.07) is 7.42. The first-order chi connectivity index (χ1) is 8.27. The summed E-state index contributed by atoms with van der Waals surface area (Å²) in [5, 5.41) is 11.5. The van der Waals surface area contributed by atoms with Crippen molar-refractivity contribution < 1.29 is 14.7 Å². The number of rotatable bonds is 5. The minimum Gasteiger partial charge on any atom is -0.466 e. The standard InChI is InChI=1S/C13H15NO3/c1-2-17-13(15)9-5-8-11-6-3-4-7-12(11)10-14-16/h3-8,10,16H,2,9H2,1H3. The van der Waals surface area contributed by atoms with Crippen molar-refractivity contribution in [1.29, 1.82) is 0 Å². The van der Waals surface area contributed by atoms with E-state index < -0.39 is 0 Å². The molecule has 90 valence electrons. The fraction of sp³-hybridized carbons (Fsp3) is 0.231. The largest absolute Gasteiger partial charge is 0.466 e. The van der Waals surface area contributed by atoms with Crippen LogP contribution >= 0.6 is 0 Å². The van der Waals surface area contributed by atoms with Gasteiger partial charge in [-0.15, -0.1) is 0 Å². The third-order valence-corrected chi connectivity index (χ3v) is 2.08. The molecule has 0 aliphatic heterocycles. The summed E-state index contributed by atoms with van der Waals surface area (Å²) in [6.07, 6.45) is 5.11. The topological polar surface area (TPSA) is 58.9 Å². The second kappa shape index (κ2) is 7.22. The Kier molecular flexibility index (Phi) is 5.51. The van der Waals surface area contributed by atoms with Crippen molar-refractivity contribution in [2.45, 2.75) is 13.3 Å². The van der Waals surface area contributed by atoms with Gasteiger partial charge >= 0.3 is 5.97 Å². The van der Waals surface area contributed by atoms with Crippen molar-refractivity contribution in [1.82, 2.24) is 0 Å². The lowest BCUT2D eigenvalue weighted by atomic mass is 10.1. The zero-order valence-corrected chi connectivity index (χ0v) is 9.67. The molecular formula is C13H15NO3. The molecule has 1 aromatic carbocycles. The maximum absolute atomic E-state index is 11.1. The van der Waals surface area contributed by atoms with Gasteiger partial charge < -0.3 is 9.94 Å². The van der Waals surface area contributed by atoms with Crippen molar-refractivity contribution in [2.75, 3.05) is 6.61 Å². The molecule has 0 aliphatic carbocycles. The first-order valence-electron chi connectivity index (χ1n) is 5.36. The average Bonchev–Trinajstić information content (AvgIpc) is 2.32. The molecule has 0 saturated carbocycles. The van der Waals surface area contributed by atoms with E-state index in [1.807, 2.05) is 24.3 Å². The van der Waals surface area contributed by atoms with E-state index in [2.05, 4.69) is 5.16 Å². The van der Waals surface area contributed by atoms with Crippen molar-refractivity contribution in [2.24, 2.45) is 5.16 Å². The van der Waals surface area contributed by atoms with Crippen LogP contribution in [-0.2, 0) is 9.53 Å². The summed E-state index contributed by atoms with van der Waals surface area (Å²) in [7, 11) is 0. The second-order valence-electron chi connectivity index (χ2n) is 3.29. The quantitative estimate of drug-likeness (QED) is 0.368. The predicted molar refractivity (Wildman–Crippen MR) is 66.1 cm³/mol. The fourth-order valence-electron chi connectivity index (χ4n) is 1.34. The molecule has 1 N–H and O–H groups in total. The van der Waals surface area contributed by atoms with E-state index in [-0.39, 0.29) is 12.4 Å². The van der Waals surface area contributed by atoms with Gasteiger partial charge in [0.25, 0.3) is 0 Å². The number of hydrogen-bond donors (Lipinski definition) is 1. The van der Waals surface area contributed by atoms with Crippen LogP contribution in [0.3, 0.4) is 0 Å². The number of hydrogen-bond acceptors (Lipinski definition) is 4. The van der Waals surface area contributed by atoms with Crippen LogP contribution in [-0.4, -0.2) is 24.0 Å². The van der Waals surface area contributed by atoms with Crippen LogP contribution in [0, 0.1) is 0 Å². The Bertz CT molecular complexity index is 424. The van der Waals surface area contributed by atoms with Gasteiger partial charge in [0, 0.05) is 5.56 Å². The van der Waals surface area contributed by atoms with Gasteiger partial charge in [0.1, 0.15) is 0 Å². The first kappa shape index (κ1) is 13.0. The number of carbonyl (C=O) groups is 1. The van der Waals surface area contributed by atoms with Gasteiger partial charge in [-0.2, -0.15) is 0 Å². The molecule has 0 aliphatic rings. The minimum absolute atomic E-state index is 0.235. The summed E-state index contributed by atoms with van der Waals surface area (Å²) in [5.41, 5.74) is 1.67. The molecule has 0 amide bonds. The van der Waals surface area contributed by atoms with Crippen molar-refractivity contribution in [3.05, 3.63) is 41.5 Å². The summed E-state index contributed by atoms with van der Waals surface area (Å²) in [4.78, 5) is 11.1. The number of nitrogens with zero attached hydrogens (tertiary/aromatic N) is 1. The molecule has 17 heavy (non-hydrogen) atoms. The highest BCUT2D eigenvalue weighted by molar-refractivity contribution is 5.85. The Labute approximate surface area is 100 Å². The third kappa shape index (κ3) is 4.51. The molecule has 0 atom stereocenters. The smallest absolute Gasteiger partial charge is 0.309 e. The lowest BCUT2D eigenvalue weighted by molar-refractivity contribution is -0.142. The van der Waals surface area contributed by atoms with Crippen LogP contribution in [0.5, 0.6) is 0 Å². The average molecular weight is 233 g/mol. The lowest BCUT2D eigenvalue weighted by Gasteiger charge is -1.99. The maximum Gasteiger partial charge on any atom is 0.309 e. The zero-order valence-electron chi connectivity index (χ0n) is 9.67. The minimum atomic E-state index is -0.253. The normalized spacial score (nSPS) is 11.1. The monoisotopic (exact) mass is 233 g/mol. The van der Waals surface area contributed by atoms with E-state index in [4.69, 9.17) is 9.94 Å². The molecule has 0 radical (unpaired) electrons. The highest BCUT2D eigenvalue weighted by atomic mass is 16.5. The van der Waals surface area contributed by atoms with Gasteiger partial charge in [-0.3, -0.25) is 4.79 Å². The van der Waals surface area contributed by atoms with E-state index in [0.717, 1.165) is 11.1 Å². The molecule has 1 aromatic rings. The van der Waals surface area contributed by atoms with Crippen LogP contribution in [0.25, 0.3) is 6.08 Å². The molecule has 0 heterocycles. The molecule has 4 heteroatoms. The first-order valence-corrected chi connectivity index (χ1v) is 5.36. The number of carbonyl (C=O) groups excluding carboxylic acids is 1. The molecule has 0 saturated heterocycles. The van der Waals surface area contributed by atoms with E-state index in [0.29, 0.717) is 6.61 Å². The maximum atomic E-state index is 11.1. The van der Waals surface area contributed by atoms with Crippen molar-refractivity contribution in [3.63, 3.8) is 0 Å². The Hall–Kier alpha value is -2.10. The summed E-state index contributed by atoms with van der Waals surface area (Å²) in [6.45, 7) is 2.16. The molecule has 4 nitrogen and oxygen atoms in total. The SMILES string of the molecule is CCOC(=O)CC=Cc1ccccc1C=NO. The van der Waals surface area contributed by atoms with Crippen LogP contribution < -0.4 is 0 Å². The number of oxime groups is 1. The lowest BCUT2D eigenvalue weighted by Crippen LogP contribution is -2.01. The van der Waals surface area contributed by atoms with Gasteiger partial charge in [-0.25, -0.2) is 0 Å². The van der Waals surface area contributed by atoms with E-state index in [1.54, 1.807) is 19.1 Å². The Balaban J connectivity index is 2.67. The predicted octanol–water partition coefficient (Wildman–Crippen LogP) is 2.46. The van der Waals surface area contributed by atoms with E-state index in [9.17, 15) is 4.79 Å². The highest BCUT2D eigenvalue weighted by Gasteiger charge is 1.98. The Morgan fingerprint density at radius 2 is 2.12 bits per heavy atom. The second-order valence-corrected chi connectivity index (χ2v) is 3.29. The van der Waals surface area contributed by atoms with Gasteiger partial charge in [0.05, 0.1) is 19.2 Å². The highest BCUT2D eigenvalue weighted by Crippen LogP contribution is 2.09. The molecule has 0 unspecified atom stereocenters. The number of benzene rings is 1.